The molecule has 0 unspecified atom stereocenters. The smallest absolute Gasteiger partial charge is 0.334 e. The number of nitrogens with zero attached hydrogens (tertiary/aromatic N) is 3. The van der Waals surface area contributed by atoms with Gasteiger partial charge in [-0.25, -0.2) is 0 Å². The minimum Gasteiger partial charge on any atom is -0.334 e. The van der Waals surface area contributed by atoms with Gasteiger partial charge in [-0.15, -0.1) is 0 Å². The number of halogens is 3. The second-order valence-corrected chi connectivity index (χ2v) is 3.04. The van der Waals surface area contributed by atoms with Crippen molar-refractivity contribution in [2.24, 2.45) is 0 Å². The van der Waals surface area contributed by atoms with Gasteiger partial charge in [-0.05, 0) is 19.1 Å². The van der Waals surface area contributed by atoms with E-state index in [1.165, 1.54) is 19.1 Å². The fraction of sp³-hybridized carbons (Fsp3) is 0.222. The average molecular weight is 229 g/mol. The Morgan fingerprint density at radius 3 is 2.62 bits per heavy atom. The van der Waals surface area contributed by atoms with Crippen LogP contribution < -0.4 is 0 Å². The van der Waals surface area contributed by atoms with Crippen LogP contribution in [0.2, 0.25) is 0 Å². The molecule has 0 aliphatic rings. The normalized spacial score (nSPS) is 11.8. The molecule has 0 fully saturated rings. The van der Waals surface area contributed by atoms with Crippen molar-refractivity contribution in [3.05, 3.63) is 29.8 Å². The van der Waals surface area contributed by atoms with Gasteiger partial charge in [-0.2, -0.15) is 18.2 Å². The highest BCUT2D eigenvalue weighted by Gasteiger charge is 2.36. The first-order valence-corrected chi connectivity index (χ1v) is 4.31. The first-order valence-electron chi connectivity index (χ1n) is 4.31. The van der Waals surface area contributed by atoms with E-state index in [0.717, 1.165) is 6.20 Å². The molecule has 2 heterocycles. The number of pyridine rings is 1. The highest BCUT2D eigenvalue weighted by Crippen LogP contribution is 2.34. The summed E-state index contributed by atoms with van der Waals surface area (Å²) in [6, 6.07) is 2.62. The standard InChI is InChI=1S/C9H6F3N3O/c1-5-14-8(16-15-5)6-3-2-4-13-7(6)9(10,11)12/h2-4H,1H3. The second-order valence-electron chi connectivity index (χ2n) is 3.04. The van der Waals surface area contributed by atoms with E-state index in [0.29, 0.717) is 0 Å². The van der Waals surface area contributed by atoms with Crippen LogP contribution in [-0.2, 0) is 6.18 Å². The zero-order valence-electron chi connectivity index (χ0n) is 8.12. The summed E-state index contributed by atoms with van der Waals surface area (Å²) in [6.45, 7) is 1.52. The minimum atomic E-state index is -4.54. The summed E-state index contributed by atoms with van der Waals surface area (Å²) in [5, 5.41) is 3.43. The molecule has 0 bridgehead atoms. The summed E-state index contributed by atoms with van der Waals surface area (Å²) in [4.78, 5) is 7.02. The predicted molar refractivity (Wildman–Crippen MR) is 47.3 cm³/mol. The van der Waals surface area contributed by atoms with Gasteiger partial charge in [0.15, 0.2) is 11.5 Å². The van der Waals surface area contributed by atoms with Crippen LogP contribution in [0.1, 0.15) is 11.5 Å². The number of aromatic nitrogens is 3. The first-order chi connectivity index (χ1) is 7.48. The summed E-state index contributed by atoms with van der Waals surface area (Å²) in [7, 11) is 0. The highest BCUT2D eigenvalue weighted by molar-refractivity contribution is 5.56. The maximum atomic E-state index is 12.6. The van der Waals surface area contributed by atoms with Crippen LogP contribution in [0.4, 0.5) is 13.2 Å². The highest BCUT2D eigenvalue weighted by atomic mass is 19.4. The van der Waals surface area contributed by atoms with E-state index in [1.807, 2.05) is 0 Å². The summed E-state index contributed by atoms with van der Waals surface area (Å²) in [5.41, 5.74) is -1.24. The van der Waals surface area contributed by atoms with Crippen molar-refractivity contribution in [1.29, 1.82) is 0 Å². The Balaban J connectivity index is 2.57. The molecule has 2 aromatic heterocycles. The molecule has 0 radical (unpaired) electrons. The van der Waals surface area contributed by atoms with E-state index in [2.05, 4.69) is 19.6 Å². The van der Waals surface area contributed by atoms with Crippen LogP contribution in [-0.4, -0.2) is 15.1 Å². The zero-order chi connectivity index (χ0) is 11.8. The zero-order valence-corrected chi connectivity index (χ0v) is 8.12. The maximum Gasteiger partial charge on any atom is 0.434 e. The summed E-state index contributed by atoms with van der Waals surface area (Å²) < 4.78 is 42.5. The third kappa shape index (κ3) is 1.88. The molecule has 0 spiro atoms. The van der Waals surface area contributed by atoms with Crippen molar-refractivity contribution in [1.82, 2.24) is 15.1 Å². The van der Waals surface area contributed by atoms with Crippen LogP contribution in [0, 0.1) is 6.92 Å². The minimum absolute atomic E-state index is 0.182. The van der Waals surface area contributed by atoms with Gasteiger partial charge in [0, 0.05) is 6.20 Å². The van der Waals surface area contributed by atoms with Crippen molar-refractivity contribution in [3.8, 4) is 11.5 Å². The number of alkyl halides is 3. The molecule has 7 heteroatoms. The Labute approximate surface area is 88.1 Å². The molecule has 0 aromatic carbocycles. The van der Waals surface area contributed by atoms with E-state index in [9.17, 15) is 13.2 Å². The first kappa shape index (κ1) is 10.6. The second kappa shape index (κ2) is 3.58. The molecule has 16 heavy (non-hydrogen) atoms. The van der Waals surface area contributed by atoms with Crippen LogP contribution in [0.25, 0.3) is 11.5 Å². The predicted octanol–water partition coefficient (Wildman–Crippen LogP) is 2.46. The van der Waals surface area contributed by atoms with Gasteiger partial charge in [0.25, 0.3) is 5.89 Å². The number of hydrogen-bond acceptors (Lipinski definition) is 4. The molecule has 0 atom stereocenters. The van der Waals surface area contributed by atoms with Crippen molar-refractivity contribution in [3.63, 3.8) is 0 Å². The number of hydrogen-bond donors (Lipinski definition) is 0. The molecule has 0 amide bonds. The monoisotopic (exact) mass is 229 g/mol. The van der Waals surface area contributed by atoms with Crippen LogP contribution in [0.5, 0.6) is 0 Å². The Hall–Kier alpha value is -1.92. The molecular weight excluding hydrogens is 223 g/mol. The topological polar surface area (TPSA) is 51.8 Å². The van der Waals surface area contributed by atoms with Crippen molar-refractivity contribution < 1.29 is 17.7 Å². The molecule has 0 saturated carbocycles. The van der Waals surface area contributed by atoms with Crippen LogP contribution >= 0.6 is 0 Å². The van der Waals surface area contributed by atoms with E-state index in [1.54, 1.807) is 0 Å². The Kier molecular flexibility index (Phi) is 2.37. The van der Waals surface area contributed by atoms with Crippen LogP contribution in [0.15, 0.2) is 22.9 Å². The molecular formula is C9H6F3N3O. The average Bonchev–Trinajstić information content (AvgIpc) is 2.64. The van der Waals surface area contributed by atoms with E-state index >= 15 is 0 Å². The Bertz CT molecular complexity index is 507. The summed E-state index contributed by atoms with van der Waals surface area (Å²) in [6.07, 6.45) is -3.48. The van der Waals surface area contributed by atoms with Crippen molar-refractivity contribution in [2.75, 3.05) is 0 Å². The van der Waals surface area contributed by atoms with Gasteiger partial charge in [0.1, 0.15) is 0 Å². The lowest BCUT2D eigenvalue weighted by Crippen LogP contribution is -2.09. The number of aryl methyl sites for hydroxylation is 1. The van der Waals surface area contributed by atoms with Gasteiger partial charge in [-0.1, -0.05) is 5.16 Å². The van der Waals surface area contributed by atoms with Crippen molar-refractivity contribution >= 4 is 0 Å². The third-order valence-electron chi connectivity index (χ3n) is 1.83. The summed E-state index contributed by atoms with van der Waals surface area (Å²) >= 11 is 0. The molecule has 4 nitrogen and oxygen atoms in total. The van der Waals surface area contributed by atoms with Gasteiger partial charge in [0.05, 0.1) is 5.56 Å². The Morgan fingerprint density at radius 2 is 2.06 bits per heavy atom. The van der Waals surface area contributed by atoms with Gasteiger partial charge in [0.2, 0.25) is 0 Å². The molecule has 0 saturated heterocycles. The fourth-order valence-electron chi connectivity index (χ4n) is 1.21. The number of rotatable bonds is 1. The fourth-order valence-corrected chi connectivity index (χ4v) is 1.21. The lowest BCUT2D eigenvalue weighted by Gasteiger charge is -2.07. The van der Waals surface area contributed by atoms with E-state index < -0.39 is 11.9 Å². The summed E-state index contributed by atoms with van der Waals surface area (Å²) in [5.74, 6) is 0.0879. The molecule has 0 aliphatic carbocycles. The quantitative estimate of drug-likeness (QED) is 0.753. The molecule has 0 aliphatic heterocycles. The molecule has 2 aromatic rings. The lowest BCUT2D eigenvalue weighted by molar-refractivity contribution is -0.140. The maximum absolute atomic E-state index is 12.6. The van der Waals surface area contributed by atoms with Crippen LogP contribution in [0.3, 0.4) is 0 Å². The molecule has 2 rings (SSSR count). The van der Waals surface area contributed by atoms with E-state index in [4.69, 9.17) is 0 Å². The third-order valence-corrected chi connectivity index (χ3v) is 1.83. The molecule has 84 valence electrons. The largest absolute Gasteiger partial charge is 0.434 e. The lowest BCUT2D eigenvalue weighted by atomic mass is 10.2. The van der Waals surface area contributed by atoms with Crippen molar-refractivity contribution in [2.45, 2.75) is 13.1 Å². The van der Waals surface area contributed by atoms with Gasteiger partial charge in [-0.3, -0.25) is 4.98 Å². The molecule has 0 N–H and O–H groups in total. The SMILES string of the molecule is Cc1noc(-c2cccnc2C(F)(F)F)n1. The van der Waals surface area contributed by atoms with Gasteiger partial charge >= 0.3 is 6.18 Å². The van der Waals surface area contributed by atoms with E-state index in [-0.39, 0.29) is 17.3 Å². The van der Waals surface area contributed by atoms with Gasteiger partial charge < -0.3 is 4.52 Å². The Morgan fingerprint density at radius 1 is 1.31 bits per heavy atom.